The van der Waals surface area contributed by atoms with Gasteiger partial charge in [-0.25, -0.2) is 5.43 Å². The Kier molecular flexibility index (Phi) is 6.49. The highest BCUT2D eigenvalue weighted by molar-refractivity contribution is 6.12. The molecule has 2 amide bonds. The van der Waals surface area contributed by atoms with Crippen molar-refractivity contribution in [3.05, 3.63) is 101 Å². The van der Waals surface area contributed by atoms with Crippen LogP contribution in [0.5, 0.6) is 0 Å². The molecule has 0 atom stereocenters. The van der Waals surface area contributed by atoms with Gasteiger partial charge in [0, 0.05) is 51.6 Å². The minimum absolute atomic E-state index is 0.181. The first kappa shape index (κ1) is 24.7. The van der Waals surface area contributed by atoms with E-state index in [0.717, 1.165) is 63.8 Å². The Morgan fingerprint density at radius 2 is 1.72 bits per heavy atom. The van der Waals surface area contributed by atoms with Crippen LogP contribution in [0.15, 0.2) is 82.3 Å². The summed E-state index contributed by atoms with van der Waals surface area (Å²) in [6, 6.07) is 23.9. The van der Waals surface area contributed by atoms with Gasteiger partial charge in [0.1, 0.15) is 5.76 Å². The second kappa shape index (κ2) is 10.3. The number of furan rings is 1. The van der Waals surface area contributed by atoms with Crippen molar-refractivity contribution in [1.82, 2.24) is 9.99 Å². The summed E-state index contributed by atoms with van der Waals surface area (Å²) in [5.74, 6) is 0.537. The Bertz CT molecular complexity index is 1740. The van der Waals surface area contributed by atoms with Gasteiger partial charge in [-0.05, 0) is 56.5 Å². The Hall–Kier alpha value is -4.65. The van der Waals surface area contributed by atoms with Gasteiger partial charge in [-0.3, -0.25) is 9.59 Å². The minimum atomic E-state index is -0.298. The standard InChI is InChI=1S/C32H30N4O3/c1-3-36-26-14-8-7-12-23(26)24-19-22(16-17-27(24)36)33-32(38)31-20(2)30-25(13-9-15-28(30)39-31)34-35-29(37)18-21-10-5-4-6-11-21/h4-8,10-12,14,16-17,19H,3,9,13,15,18H2,1-2H3,(H,33,38)(H,35,37)/b34-25+. The Morgan fingerprint density at radius 3 is 2.54 bits per heavy atom. The summed E-state index contributed by atoms with van der Waals surface area (Å²) >= 11 is 0. The van der Waals surface area contributed by atoms with Crippen molar-refractivity contribution in [3.8, 4) is 0 Å². The van der Waals surface area contributed by atoms with Crippen molar-refractivity contribution in [1.29, 1.82) is 0 Å². The second-order valence-electron chi connectivity index (χ2n) is 9.91. The topological polar surface area (TPSA) is 88.6 Å². The summed E-state index contributed by atoms with van der Waals surface area (Å²) in [4.78, 5) is 25.8. The molecule has 5 aromatic rings. The molecular formula is C32H30N4O3. The summed E-state index contributed by atoms with van der Waals surface area (Å²) < 4.78 is 8.35. The van der Waals surface area contributed by atoms with Crippen LogP contribution in [0.1, 0.15) is 52.8 Å². The van der Waals surface area contributed by atoms with Crippen LogP contribution in [0.4, 0.5) is 5.69 Å². The van der Waals surface area contributed by atoms with Crippen LogP contribution in [0, 0.1) is 6.92 Å². The molecule has 0 fully saturated rings. The summed E-state index contributed by atoms with van der Waals surface area (Å²) in [6.45, 7) is 4.88. The number of hydrazone groups is 1. The summed E-state index contributed by atoms with van der Waals surface area (Å²) in [6.07, 6.45) is 2.53. The number of carbonyl (C=O) groups excluding carboxylic acids is 2. The van der Waals surface area contributed by atoms with E-state index in [1.807, 2.05) is 61.5 Å². The monoisotopic (exact) mass is 518 g/mol. The summed E-state index contributed by atoms with van der Waals surface area (Å²) in [7, 11) is 0. The number of rotatable bonds is 6. The zero-order chi connectivity index (χ0) is 26.9. The van der Waals surface area contributed by atoms with Crippen LogP contribution in [-0.2, 0) is 24.2 Å². The smallest absolute Gasteiger partial charge is 0.291 e. The maximum Gasteiger partial charge on any atom is 0.291 e. The maximum absolute atomic E-state index is 13.4. The first-order valence-electron chi connectivity index (χ1n) is 13.4. The summed E-state index contributed by atoms with van der Waals surface area (Å²) in [5.41, 5.74) is 8.95. The molecule has 2 N–H and O–H groups in total. The predicted octanol–water partition coefficient (Wildman–Crippen LogP) is 6.37. The summed E-state index contributed by atoms with van der Waals surface area (Å²) in [5, 5.41) is 9.72. The van der Waals surface area contributed by atoms with E-state index in [0.29, 0.717) is 12.1 Å². The number of amides is 2. The molecule has 7 nitrogen and oxygen atoms in total. The normalized spacial score (nSPS) is 14.1. The van der Waals surface area contributed by atoms with Crippen molar-refractivity contribution >= 4 is 45.0 Å². The molecule has 0 spiro atoms. The highest BCUT2D eigenvalue weighted by atomic mass is 16.4. The van der Waals surface area contributed by atoms with E-state index in [9.17, 15) is 9.59 Å². The molecule has 0 aliphatic heterocycles. The third kappa shape index (κ3) is 4.61. The van der Waals surface area contributed by atoms with E-state index in [1.54, 1.807) is 0 Å². The number of carbonyl (C=O) groups is 2. The van der Waals surface area contributed by atoms with Crippen molar-refractivity contribution in [2.24, 2.45) is 5.10 Å². The van der Waals surface area contributed by atoms with Crippen LogP contribution in [0.25, 0.3) is 21.8 Å². The number of aryl methyl sites for hydroxylation is 2. The van der Waals surface area contributed by atoms with Gasteiger partial charge in [-0.2, -0.15) is 5.10 Å². The second-order valence-corrected chi connectivity index (χ2v) is 9.91. The number of fused-ring (bicyclic) bond motifs is 4. The van der Waals surface area contributed by atoms with Gasteiger partial charge in [0.15, 0.2) is 5.76 Å². The molecule has 6 rings (SSSR count). The molecule has 39 heavy (non-hydrogen) atoms. The average Bonchev–Trinajstić information content (AvgIpc) is 3.47. The number of anilines is 1. The van der Waals surface area contributed by atoms with Crippen molar-refractivity contribution in [2.75, 3.05) is 5.32 Å². The lowest BCUT2D eigenvalue weighted by Crippen LogP contribution is -2.23. The first-order valence-corrected chi connectivity index (χ1v) is 13.4. The van der Waals surface area contributed by atoms with Crippen LogP contribution >= 0.6 is 0 Å². The van der Waals surface area contributed by atoms with Crippen LogP contribution in [-0.4, -0.2) is 22.1 Å². The van der Waals surface area contributed by atoms with Crippen LogP contribution in [0.3, 0.4) is 0 Å². The highest BCUT2D eigenvalue weighted by Crippen LogP contribution is 2.33. The minimum Gasteiger partial charge on any atom is -0.455 e. The molecule has 1 aliphatic rings. The Morgan fingerprint density at radius 1 is 0.949 bits per heavy atom. The largest absolute Gasteiger partial charge is 0.455 e. The number of hydrogen-bond acceptors (Lipinski definition) is 4. The van der Waals surface area contributed by atoms with Gasteiger partial charge >= 0.3 is 0 Å². The Labute approximate surface area is 226 Å². The third-order valence-electron chi connectivity index (χ3n) is 7.40. The number of hydrogen-bond donors (Lipinski definition) is 2. The number of para-hydroxylation sites is 1. The van der Waals surface area contributed by atoms with E-state index in [-0.39, 0.29) is 24.0 Å². The average molecular weight is 519 g/mol. The fourth-order valence-corrected chi connectivity index (χ4v) is 5.61. The van der Waals surface area contributed by atoms with Crippen LogP contribution in [0.2, 0.25) is 0 Å². The molecule has 0 bridgehead atoms. The van der Waals surface area contributed by atoms with Gasteiger partial charge in [0.25, 0.3) is 5.91 Å². The zero-order valence-corrected chi connectivity index (χ0v) is 22.1. The number of nitrogens with one attached hydrogen (secondary N) is 2. The van der Waals surface area contributed by atoms with Crippen molar-refractivity contribution in [3.63, 3.8) is 0 Å². The number of nitrogens with zero attached hydrogens (tertiary/aromatic N) is 2. The van der Waals surface area contributed by atoms with Gasteiger partial charge in [0.05, 0.1) is 12.1 Å². The molecule has 3 aromatic carbocycles. The maximum atomic E-state index is 13.4. The molecular weight excluding hydrogens is 488 g/mol. The van der Waals surface area contributed by atoms with Gasteiger partial charge < -0.3 is 14.3 Å². The number of aromatic nitrogens is 1. The molecule has 2 heterocycles. The lowest BCUT2D eigenvalue weighted by Gasteiger charge is -2.13. The van der Waals surface area contributed by atoms with E-state index < -0.39 is 0 Å². The van der Waals surface area contributed by atoms with Gasteiger partial charge in [-0.15, -0.1) is 0 Å². The highest BCUT2D eigenvalue weighted by Gasteiger charge is 2.28. The van der Waals surface area contributed by atoms with Crippen LogP contribution < -0.4 is 10.7 Å². The molecule has 1 aliphatic carbocycles. The number of benzene rings is 3. The molecule has 0 saturated carbocycles. The Balaban J connectivity index is 1.24. The molecule has 0 radical (unpaired) electrons. The van der Waals surface area contributed by atoms with E-state index >= 15 is 0 Å². The van der Waals surface area contributed by atoms with E-state index in [4.69, 9.17) is 4.42 Å². The lowest BCUT2D eigenvalue weighted by atomic mass is 9.93. The van der Waals surface area contributed by atoms with Crippen molar-refractivity contribution in [2.45, 2.75) is 46.1 Å². The predicted molar refractivity (Wildman–Crippen MR) is 154 cm³/mol. The van der Waals surface area contributed by atoms with Crippen molar-refractivity contribution < 1.29 is 14.0 Å². The fraction of sp³-hybridized carbons (Fsp3) is 0.219. The van der Waals surface area contributed by atoms with E-state index in [2.05, 4.69) is 45.5 Å². The molecule has 0 saturated heterocycles. The molecule has 196 valence electrons. The van der Waals surface area contributed by atoms with Gasteiger partial charge in [-0.1, -0.05) is 48.5 Å². The van der Waals surface area contributed by atoms with E-state index in [1.165, 1.54) is 5.52 Å². The fourth-order valence-electron chi connectivity index (χ4n) is 5.61. The molecule has 2 aromatic heterocycles. The quantitative estimate of drug-likeness (QED) is 0.256. The third-order valence-corrected chi connectivity index (χ3v) is 7.40. The SMILES string of the molecule is CCn1c2ccccc2c2cc(NC(=O)c3oc4c(c3C)/C(=N/NC(=O)Cc3ccccc3)CCC4)ccc21. The van der Waals surface area contributed by atoms with Gasteiger partial charge in [0.2, 0.25) is 5.91 Å². The molecule has 7 heteroatoms. The zero-order valence-electron chi connectivity index (χ0n) is 22.1. The first-order chi connectivity index (χ1) is 19.0. The lowest BCUT2D eigenvalue weighted by molar-refractivity contribution is -0.120. The molecule has 0 unspecified atom stereocenters.